The summed E-state index contributed by atoms with van der Waals surface area (Å²) in [5.74, 6) is 0.630. The Balaban J connectivity index is 1.65. The summed E-state index contributed by atoms with van der Waals surface area (Å²) in [5, 5.41) is 12.1. The van der Waals surface area contributed by atoms with Crippen molar-refractivity contribution in [3.05, 3.63) is 69.4 Å². The van der Waals surface area contributed by atoms with Crippen molar-refractivity contribution in [3.8, 4) is 0 Å². The quantitative estimate of drug-likeness (QED) is 0.601. The maximum Gasteiger partial charge on any atom is 0.240 e. The minimum absolute atomic E-state index is 0.110. The molecule has 0 fully saturated rings. The number of anilines is 1. The van der Waals surface area contributed by atoms with Crippen LogP contribution in [0, 0.1) is 6.92 Å². The molecule has 0 saturated carbocycles. The lowest BCUT2D eigenvalue weighted by atomic mass is 10.0. The zero-order valence-electron chi connectivity index (χ0n) is 14.2. The van der Waals surface area contributed by atoms with Crippen molar-refractivity contribution in [2.75, 3.05) is 10.7 Å². The lowest BCUT2D eigenvalue weighted by Crippen LogP contribution is -2.41. The molecule has 6 nitrogen and oxygen atoms in total. The van der Waals surface area contributed by atoms with Crippen LogP contribution in [-0.2, 0) is 4.79 Å². The number of hydrogen-bond acceptors (Lipinski definition) is 5. The molecule has 0 saturated heterocycles. The molecule has 4 rings (SSSR count). The molecular formula is C18H15BrClN5OS. The van der Waals surface area contributed by atoms with E-state index in [4.69, 9.17) is 11.6 Å². The van der Waals surface area contributed by atoms with E-state index in [1.54, 1.807) is 0 Å². The zero-order valence-corrected chi connectivity index (χ0v) is 17.3. The van der Waals surface area contributed by atoms with E-state index in [9.17, 15) is 4.79 Å². The second kappa shape index (κ2) is 7.53. The van der Waals surface area contributed by atoms with Gasteiger partial charge in [0.05, 0.1) is 6.04 Å². The van der Waals surface area contributed by atoms with Crippen LogP contribution in [0.1, 0.15) is 17.4 Å². The van der Waals surface area contributed by atoms with Gasteiger partial charge in [0.1, 0.15) is 11.1 Å². The smallest absolute Gasteiger partial charge is 0.240 e. The van der Waals surface area contributed by atoms with Crippen LogP contribution in [0.5, 0.6) is 0 Å². The number of rotatable bonds is 3. The van der Waals surface area contributed by atoms with Gasteiger partial charge in [0.25, 0.3) is 0 Å². The number of amides is 1. The normalized spacial score (nSPS) is 18.5. The average Bonchev–Trinajstić information content (AvgIpc) is 3.03. The molecule has 1 aromatic heterocycles. The van der Waals surface area contributed by atoms with Crippen molar-refractivity contribution in [3.63, 3.8) is 0 Å². The summed E-state index contributed by atoms with van der Waals surface area (Å²) in [5.41, 5.74) is 5.06. The highest BCUT2D eigenvalue weighted by molar-refractivity contribution is 9.10. The van der Waals surface area contributed by atoms with Gasteiger partial charge in [0.2, 0.25) is 11.1 Å². The average molecular weight is 465 g/mol. The third kappa shape index (κ3) is 3.83. The standard InChI is InChI=1S/C18H15BrClN5OS/c1-10-22-23-18-25(10)24-15(11-2-6-13(20)7-3-11)16(27-18)17(26)21-14-8-4-12(19)5-9-14/h2-9,15-16,24H,1H3,(H,21,26)/t15-,16-/m1/s1. The maximum atomic E-state index is 13.1. The summed E-state index contributed by atoms with van der Waals surface area (Å²) in [7, 11) is 0. The summed E-state index contributed by atoms with van der Waals surface area (Å²) < 4.78 is 2.77. The lowest BCUT2D eigenvalue weighted by molar-refractivity contribution is -0.116. The number of thioether (sulfide) groups is 1. The van der Waals surface area contributed by atoms with E-state index < -0.39 is 5.25 Å². The lowest BCUT2D eigenvalue weighted by Gasteiger charge is -2.32. The predicted molar refractivity (Wildman–Crippen MR) is 111 cm³/mol. The Labute approximate surface area is 173 Å². The van der Waals surface area contributed by atoms with E-state index in [1.165, 1.54) is 11.8 Å². The van der Waals surface area contributed by atoms with E-state index in [2.05, 4.69) is 36.9 Å². The van der Waals surface area contributed by atoms with E-state index in [1.807, 2.05) is 60.1 Å². The fourth-order valence-electron chi connectivity index (χ4n) is 2.83. The molecular weight excluding hydrogens is 450 g/mol. The molecule has 0 radical (unpaired) electrons. The monoisotopic (exact) mass is 463 g/mol. The van der Waals surface area contributed by atoms with Crippen LogP contribution >= 0.6 is 39.3 Å². The van der Waals surface area contributed by atoms with Crippen molar-refractivity contribution in [1.29, 1.82) is 0 Å². The third-order valence-corrected chi connectivity index (χ3v) is 6.19. The van der Waals surface area contributed by atoms with Gasteiger partial charge in [0.15, 0.2) is 0 Å². The van der Waals surface area contributed by atoms with E-state index in [0.29, 0.717) is 10.2 Å². The first-order valence-electron chi connectivity index (χ1n) is 8.18. The summed E-state index contributed by atoms with van der Waals surface area (Å²) in [4.78, 5) is 13.1. The van der Waals surface area contributed by atoms with Crippen molar-refractivity contribution in [2.24, 2.45) is 0 Å². The SMILES string of the molecule is Cc1nnc2n1N[C@H](c1ccc(Cl)cc1)[C@H](C(=O)Nc1ccc(Br)cc1)S2. The molecule has 138 valence electrons. The highest BCUT2D eigenvalue weighted by atomic mass is 79.9. The Morgan fingerprint density at radius 1 is 1.19 bits per heavy atom. The van der Waals surface area contributed by atoms with Gasteiger partial charge in [-0.3, -0.25) is 4.79 Å². The number of carbonyl (C=O) groups excluding carboxylic acids is 1. The van der Waals surface area contributed by atoms with Gasteiger partial charge < -0.3 is 10.7 Å². The Morgan fingerprint density at radius 2 is 1.89 bits per heavy atom. The predicted octanol–water partition coefficient (Wildman–Crippen LogP) is 4.40. The van der Waals surface area contributed by atoms with Gasteiger partial charge in [-0.25, -0.2) is 4.68 Å². The molecule has 0 bridgehead atoms. The van der Waals surface area contributed by atoms with Gasteiger partial charge in [-0.1, -0.05) is 51.4 Å². The molecule has 0 aliphatic carbocycles. The first-order valence-corrected chi connectivity index (χ1v) is 10.2. The highest BCUT2D eigenvalue weighted by Gasteiger charge is 2.37. The largest absolute Gasteiger partial charge is 0.325 e. The number of benzene rings is 2. The Hall–Kier alpha value is -2.03. The highest BCUT2D eigenvalue weighted by Crippen LogP contribution is 2.37. The number of aryl methyl sites for hydroxylation is 1. The van der Waals surface area contributed by atoms with Crippen LogP contribution < -0.4 is 10.7 Å². The first kappa shape index (κ1) is 18.3. The Kier molecular flexibility index (Phi) is 5.12. The summed E-state index contributed by atoms with van der Waals surface area (Å²) in [6.07, 6.45) is 0. The molecule has 1 amide bonds. The van der Waals surface area contributed by atoms with Gasteiger partial charge in [-0.2, -0.15) is 0 Å². The molecule has 0 spiro atoms. The van der Waals surface area contributed by atoms with Crippen molar-refractivity contribution >= 4 is 50.9 Å². The number of fused-ring (bicyclic) bond motifs is 1. The molecule has 1 aliphatic heterocycles. The topological polar surface area (TPSA) is 71.8 Å². The molecule has 1 aliphatic rings. The minimum atomic E-state index is -0.425. The number of aromatic nitrogens is 3. The van der Waals surface area contributed by atoms with Gasteiger partial charge in [-0.05, 0) is 48.9 Å². The number of nitrogens with one attached hydrogen (secondary N) is 2. The summed E-state index contributed by atoms with van der Waals surface area (Å²) in [6.45, 7) is 1.87. The number of carbonyl (C=O) groups is 1. The van der Waals surface area contributed by atoms with Gasteiger partial charge >= 0.3 is 0 Å². The molecule has 2 heterocycles. The molecule has 9 heteroatoms. The van der Waals surface area contributed by atoms with Crippen molar-refractivity contribution < 1.29 is 4.79 Å². The van der Waals surface area contributed by atoms with Crippen LogP contribution in [-0.4, -0.2) is 26.0 Å². The molecule has 2 atom stereocenters. The molecule has 2 aromatic carbocycles. The van der Waals surface area contributed by atoms with Crippen LogP contribution in [0.2, 0.25) is 5.02 Å². The summed E-state index contributed by atoms with van der Waals surface area (Å²) in [6, 6.07) is 14.7. The second-order valence-electron chi connectivity index (χ2n) is 6.06. The van der Waals surface area contributed by atoms with Crippen LogP contribution in [0.3, 0.4) is 0 Å². The third-order valence-electron chi connectivity index (χ3n) is 4.20. The minimum Gasteiger partial charge on any atom is -0.325 e. The molecule has 27 heavy (non-hydrogen) atoms. The van der Waals surface area contributed by atoms with Crippen LogP contribution in [0.4, 0.5) is 5.69 Å². The number of halogens is 2. The zero-order chi connectivity index (χ0) is 19.0. The van der Waals surface area contributed by atoms with Crippen LogP contribution in [0.25, 0.3) is 0 Å². The van der Waals surface area contributed by atoms with Gasteiger partial charge in [-0.15, -0.1) is 10.2 Å². The molecule has 2 N–H and O–H groups in total. The first-order chi connectivity index (χ1) is 13.0. The summed E-state index contributed by atoms with van der Waals surface area (Å²) >= 11 is 10.8. The fraction of sp³-hybridized carbons (Fsp3) is 0.167. The fourth-order valence-corrected chi connectivity index (χ4v) is 4.34. The van der Waals surface area contributed by atoms with E-state index in [0.717, 1.165) is 21.5 Å². The van der Waals surface area contributed by atoms with Gasteiger partial charge in [0, 0.05) is 15.2 Å². The number of nitrogens with zero attached hydrogens (tertiary/aromatic N) is 3. The Morgan fingerprint density at radius 3 is 2.59 bits per heavy atom. The van der Waals surface area contributed by atoms with E-state index >= 15 is 0 Å². The number of hydrogen-bond donors (Lipinski definition) is 2. The van der Waals surface area contributed by atoms with E-state index in [-0.39, 0.29) is 11.9 Å². The molecule has 3 aromatic rings. The Bertz CT molecular complexity index is 976. The van der Waals surface area contributed by atoms with Crippen molar-refractivity contribution in [2.45, 2.75) is 23.4 Å². The van der Waals surface area contributed by atoms with Crippen LogP contribution in [0.15, 0.2) is 58.2 Å². The second-order valence-corrected chi connectivity index (χ2v) is 8.52. The maximum absolute atomic E-state index is 13.1. The molecule has 0 unspecified atom stereocenters. The van der Waals surface area contributed by atoms with Crippen molar-refractivity contribution in [1.82, 2.24) is 14.9 Å².